The van der Waals surface area contributed by atoms with Gasteiger partial charge in [-0.25, -0.2) is 38.9 Å². The van der Waals surface area contributed by atoms with Gasteiger partial charge in [0.2, 0.25) is 11.8 Å². The number of anilines is 2. The van der Waals surface area contributed by atoms with Gasteiger partial charge in [-0.3, -0.25) is 9.80 Å². The Kier molecular flexibility index (Phi) is 15.1. The summed E-state index contributed by atoms with van der Waals surface area (Å²) < 4.78 is 23.9. The molecule has 11 heterocycles. The van der Waals surface area contributed by atoms with E-state index in [2.05, 4.69) is 85.9 Å². The van der Waals surface area contributed by atoms with Crippen LogP contribution in [0.15, 0.2) is 110 Å². The van der Waals surface area contributed by atoms with Crippen LogP contribution in [0, 0.1) is 0 Å². The monoisotopic (exact) mass is 950 g/mol. The van der Waals surface area contributed by atoms with Crippen LogP contribution in [0.5, 0.6) is 23.3 Å². The van der Waals surface area contributed by atoms with Crippen molar-refractivity contribution in [2.45, 2.75) is 39.1 Å². The number of hydrogen-bond acceptors (Lipinski definition) is 18. The number of nitrogens with zero attached hydrogens (tertiary/aromatic N) is 14. The minimum absolute atomic E-state index is 0.139. The zero-order chi connectivity index (χ0) is 48.4. The van der Waals surface area contributed by atoms with Crippen LogP contribution in [0.3, 0.4) is 0 Å². The molecule has 0 spiro atoms. The topological polar surface area (TPSA) is 206 Å². The highest BCUT2D eigenvalue weighted by Crippen LogP contribution is 2.30. The highest BCUT2D eigenvalue weighted by atomic mass is 16.6. The number of aliphatic hydroxyl groups excluding tert-OH is 1. The highest BCUT2D eigenvalue weighted by molar-refractivity contribution is 5.79. The molecule has 20 heteroatoms. The van der Waals surface area contributed by atoms with E-state index in [0.29, 0.717) is 29.3 Å². The molecule has 3 saturated heterocycles. The molecule has 3 aliphatic heterocycles. The molecule has 70 heavy (non-hydrogen) atoms. The van der Waals surface area contributed by atoms with Gasteiger partial charge in [0.25, 0.3) is 0 Å². The Hall–Kier alpha value is -7.52. The van der Waals surface area contributed by atoms with Crippen molar-refractivity contribution in [2.24, 2.45) is 0 Å². The van der Waals surface area contributed by atoms with Gasteiger partial charge < -0.3 is 39.0 Å². The van der Waals surface area contributed by atoms with Gasteiger partial charge in [0.1, 0.15) is 42.4 Å². The first kappa shape index (κ1) is 47.5. The third kappa shape index (κ3) is 12.2. The van der Waals surface area contributed by atoms with Crippen LogP contribution in [0.4, 0.5) is 11.6 Å². The molecule has 3 fully saturated rings. The number of aromatic nitrogens is 10. The van der Waals surface area contributed by atoms with Gasteiger partial charge in [0.15, 0.2) is 11.3 Å². The van der Waals surface area contributed by atoms with Crippen molar-refractivity contribution < 1.29 is 29.2 Å². The molecule has 0 unspecified atom stereocenters. The van der Waals surface area contributed by atoms with Gasteiger partial charge in [0, 0.05) is 125 Å². The summed E-state index contributed by atoms with van der Waals surface area (Å²) in [5.41, 5.74) is 7.28. The van der Waals surface area contributed by atoms with Crippen LogP contribution < -0.4 is 24.0 Å². The molecule has 2 atom stereocenters. The van der Waals surface area contributed by atoms with Crippen LogP contribution >= 0.6 is 0 Å². The van der Waals surface area contributed by atoms with Gasteiger partial charge in [-0.1, -0.05) is 12.1 Å². The van der Waals surface area contributed by atoms with Crippen molar-refractivity contribution in [3.8, 4) is 45.5 Å². The lowest BCUT2D eigenvalue weighted by atomic mass is 10.1. The molecule has 8 aromatic rings. The quantitative estimate of drug-likeness (QED) is 0.147. The Morgan fingerprint density at radius 2 is 1.11 bits per heavy atom. The van der Waals surface area contributed by atoms with Crippen LogP contribution in [-0.4, -0.2) is 161 Å². The number of fused-ring (bicyclic) bond motifs is 2. The Labute approximate surface area is 405 Å². The number of hydrogen-bond donors (Lipinski definition) is 2. The Morgan fingerprint density at radius 3 is 1.53 bits per heavy atom. The molecule has 0 aromatic carbocycles. The van der Waals surface area contributed by atoms with Crippen LogP contribution in [-0.2, 0) is 17.8 Å². The molecule has 0 radical (unpaired) electrons. The Bertz CT molecular complexity index is 2900. The molecular formula is C50H58N14O6. The maximum atomic E-state index is 9.97. The van der Waals surface area contributed by atoms with Crippen LogP contribution in [0.1, 0.15) is 25.0 Å². The van der Waals surface area contributed by atoms with Crippen molar-refractivity contribution in [1.29, 1.82) is 0 Å². The first-order chi connectivity index (χ1) is 34.2. The lowest BCUT2D eigenvalue weighted by molar-refractivity contribution is 0.122. The highest BCUT2D eigenvalue weighted by Gasteiger charge is 2.21. The minimum atomic E-state index is -0.556. The predicted molar refractivity (Wildman–Crippen MR) is 263 cm³/mol. The van der Waals surface area contributed by atoms with Crippen molar-refractivity contribution in [3.05, 3.63) is 122 Å². The number of pyridine rings is 6. The fourth-order valence-electron chi connectivity index (χ4n) is 8.13. The lowest BCUT2D eigenvalue weighted by Crippen LogP contribution is -2.46. The van der Waals surface area contributed by atoms with Gasteiger partial charge in [-0.2, -0.15) is 10.2 Å². The summed E-state index contributed by atoms with van der Waals surface area (Å²) in [6.07, 6.45) is 13.8. The van der Waals surface area contributed by atoms with E-state index in [0.717, 1.165) is 112 Å². The molecule has 364 valence electrons. The summed E-state index contributed by atoms with van der Waals surface area (Å²) in [5, 5.41) is 27.9. The second-order valence-corrected chi connectivity index (χ2v) is 17.3. The van der Waals surface area contributed by atoms with E-state index >= 15 is 0 Å². The number of methoxy groups -OCH3 is 2. The summed E-state index contributed by atoms with van der Waals surface area (Å²) in [6, 6.07) is 19.7. The van der Waals surface area contributed by atoms with Gasteiger partial charge >= 0.3 is 0 Å². The standard InChI is InChI=1S/C25H29N7O3.C22H23N7O2.C3H6O/c1-18(33)16-35-21-11-22(25-28-17-29-32(25)15-21)20-4-5-23(26-13-20)31-9-7-30(8-10-31)14-19-3-6-24(34-2)27-12-19;1-31-21-5-2-16(11-24-21)13-27-6-8-28(9-7-27)20-4-3-17(12-23-20)19-10-18(30)14-29-22(19)25-15-26-29;1-3-2-4-3/h3-6,11-13,15,17-18,33H,7-10,14,16H2,1-2H3;2-5,10-12,14-15,30H,6-9,13H2,1H3;3H,2H2,1H3/t18-;;3-/m1.1/s1. The van der Waals surface area contributed by atoms with E-state index < -0.39 is 6.10 Å². The number of aliphatic hydroxyl groups is 1. The molecule has 20 nitrogen and oxygen atoms in total. The summed E-state index contributed by atoms with van der Waals surface area (Å²) in [4.78, 5) is 36.1. The number of epoxide rings is 1. The smallest absolute Gasteiger partial charge is 0.212 e. The van der Waals surface area contributed by atoms with Crippen molar-refractivity contribution in [1.82, 2.24) is 58.9 Å². The molecule has 2 N–H and O–H groups in total. The Morgan fingerprint density at radius 1 is 0.629 bits per heavy atom. The molecular weight excluding hydrogens is 893 g/mol. The molecule has 3 aliphatic rings. The third-order valence-corrected chi connectivity index (χ3v) is 12.0. The minimum Gasteiger partial charge on any atom is -0.506 e. The number of aromatic hydroxyl groups is 1. The molecule has 11 rings (SSSR count). The lowest BCUT2D eigenvalue weighted by Gasteiger charge is -2.35. The van der Waals surface area contributed by atoms with Gasteiger partial charge in [0.05, 0.1) is 45.4 Å². The van der Waals surface area contributed by atoms with Crippen molar-refractivity contribution in [3.63, 3.8) is 0 Å². The molecule has 0 amide bonds. The molecule has 0 saturated carbocycles. The van der Waals surface area contributed by atoms with Gasteiger partial charge in [-0.15, -0.1) is 0 Å². The number of rotatable bonds is 13. The predicted octanol–water partition coefficient (Wildman–Crippen LogP) is 4.90. The fourth-order valence-corrected chi connectivity index (χ4v) is 8.13. The molecule has 8 aromatic heterocycles. The average Bonchev–Trinajstić information content (AvgIpc) is 3.78. The van der Waals surface area contributed by atoms with E-state index in [1.165, 1.54) is 30.0 Å². The van der Waals surface area contributed by atoms with Gasteiger partial charge in [-0.05, 0) is 61.4 Å². The van der Waals surface area contributed by atoms with E-state index in [1.807, 2.05) is 55.1 Å². The first-order valence-corrected chi connectivity index (χ1v) is 23.3. The van der Waals surface area contributed by atoms with E-state index in [-0.39, 0.29) is 12.4 Å². The second-order valence-electron chi connectivity index (χ2n) is 17.3. The summed E-state index contributed by atoms with van der Waals surface area (Å²) in [5.74, 6) is 3.94. The summed E-state index contributed by atoms with van der Waals surface area (Å²) in [6.45, 7) is 14.2. The average molecular weight is 951 g/mol. The van der Waals surface area contributed by atoms with Crippen LogP contribution in [0.2, 0.25) is 0 Å². The van der Waals surface area contributed by atoms with E-state index in [9.17, 15) is 10.2 Å². The maximum Gasteiger partial charge on any atom is 0.212 e. The summed E-state index contributed by atoms with van der Waals surface area (Å²) in [7, 11) is 3.25. The maximum absolute atomic E-state index is 9.97. The zero-order valence-electron chi connectivity index (χ0n) is 39.8. The van der Waals surface area contributed by atoms with Crippen molar-refractivity contribution >= 4 is 22.9 Å². The van der Waals surface area contributed by atoms with Crippen LogP contribution in [0.25, 0.3) is 33.5 Å². The van der Waals surface area contributed by atoms with E-state index in [4.69, 9.17) is 23.9 Å². The zero-order valence-corrected chi connectivity index (χ0v) is 39.8. The fraction of sp³-hybridized carbons (Fsp3) is 0.360. The third-order valence-electron chi connectivity index (χ3n) is 12.0. The summed E-state index contributed by atoms with van der Waals surface area (Å²) >= 11 is 0. The molecule has 0 aliphatic carbocycles. The molecule has 0 bridgehead atoms. The SMILES string of the molecule is COc1ccc(CN2CCN(c3ccc(-c4cc(O)cn5ncnc45)cn3)CC2)cn1.COc1ccc(CN2CCN(c3ccc(-c4cc(OC[C@@H](C)O)cn5ncnc45)cn3)CC2)cn1.C[C@@H]1CO1. The normalized spacial score (nSPS) is 16.5. The van der Waals surface area contributed by atoms with E-state index in [1.54, 1.807) is 42.4 Å². The second kappa shape index (κ2) is 22.3. The first-order valence-electron chi connectivity index (χ1n) is 23.3. The number of piperazine rings is 2. The number of ether oxygens (including phenoxy) is 4. The largest absolute Gasteiger partial charge is 0.506 e. The van der Waals surface area contributed by atoms with Crippen molar-refractivity contribution in [2.75, 3.05) is 89.6 Å². The Balaban J connectivity index is 0.000000162.